The molecular formula is C23H32N2. The first-order valence-electron chi connectivity index (χ1n) is 9.94. The van der Waals surface area contributed by atoms with Gasteiger partial charge in [0.25, 0.3) is 0 Å². The lowest BCUT2D eigenvalue weighted by Crippen LogP contribution is -2.18. The summed E-state index contributed by atoms with van der Waals surface area (Å²) in [5.74, 6) is 0. The van der Waals surface area contributed by atoms with Crippen LogP contribution in [0.25, 0.3) is 0 Å². The normalized spacial score (nSPS) is 13.6. The van der Waals surface area contributed by atoms with Gasteiger partial charge in [-0.1, -0.05) is 42.5 Å². The minimum atomic E-state index is 0.806. The van der Waals surface area contributed by atoms with Gasteiger partial charge in [-0.25, -0.2) is 0 Å². The Morgan fingerprint density at radius 1 is 0.720 bits per heavy atom. The molecule has 0 fully saturated rings. The standard InChI is InChI=1S/C23H32N2/c24-15-1-2-16-25-17-3-4-23-18-21-10-9-19-5-7-20(8-6-19)11-13-22(23)14-12-21/h5-8,12,14,18,25H,1-4,9-11,13,15-17,24H2. The van der Waals surface area contributed by atoms with E-state index in [-0.39, 0.29) is 0 Å². The highest BCUT2D eigenvalue weighted by atomic mass is 14.8. The van der Waals surface area contributed by atoms with E-state index in [1.807, 2.05) is 0 Å². The summed E-state index contributed by atoms with van der Waals surface area (Å²) < 4.78 is 0. The maximum atomic E-state index is 5.54. The van der Waals surface area contributed by atoms with Crippen LogP contribution in [-0.2, 0) is 32.1 Å². The topological polar surface area (TPSA) is 38.0 Å². The highest BCUT2D eigenvalue weighted by molar-refractivity contribution is 5.35. The average Bonchev–Trinajstić information content (AvgIpc) is 2.64. The molecule has 4 bridgehead atoms. The predicted molar refractivity (Wildman–Crippen MR) is 107 cm³/mol. The van der Waals surface area contributed by atoms with Crippen LogP contribution in [0.4, 0.5) is 0 Å². The second kappa shape index (κ2) is 9.74. The molecule has 0 unspecified atom stereocenters. The zero-order valence-corrected chi connectivity index (χ0v) is 15.4. The van der Waals surface area contributed by atoms with Gasteiger partial charge in [0.05, 0.1) is 0 Å². The van der Waals surface area contributed by atoms with Gasteiger partial charge in [0.1, 0.15) is 0 Å². The summed E-state index contributed by atoms with van der Waals surface area (Å²) in [5, 5.41) is 3.55. The molecule has 134 valence electrons. The van der Waals surface area contributed by atoms with Crippen LogP contribution in [0.5, 0.6) is 0 Å². The summed E-state index contributed by atoms with van der Waals surface area (Å²) in [6, 6.07) is 16.4. The zero-order chi connectivity index (χ0) is 17.3. The van der Waals surface area contributed by atoms with E-state index in [9.17, 15) is 0 Å². The number of hydrogen-bond donors (Lipinski definition) is 2. The Kier molecular flexibility index (Phi) is 7.08. The van der Waals surface area contributed by atoms with E-state index in [1.165, 1.54) is 41.5 Å². The second-order valence-corrected chi connectivity index (χ2v) is 7.27. The molecule has 4 aliphatic carbocycles. The van der Waals surface area contributed by atoms with Gasteiger partial charge in [-0.15, -0.1) is 0 Å². The average molecular weight is 337 g/mol. The van der Waals surface area contributed by atoms with Gasteiger partial charge in [0.15, 0.2) is 0 Å². The molecule has 0 amide bonds. The maximum absolute atomic E-state index is 5.54. The third-order valence-electron chi connectivity index (χ3n) is 5.29. The molecule has 0 aliphatic heterocycles. The third kappa shape index (κ3) is 5.69. The SMILES string of the molecule is NCCCCNCCCc1cc2ccc1CCc1ccc(cc1)CC2. The molecule has 6 rings (SSSR count). The van der Waals surface area contributed by atoms with Crippen molar-refractivity contribution in [2.75, 3.05) is 19.6 Å². The van der Waals surface area contributed by atoms with E-state index in [0.717, 1.165) is 51.7 Å². The van der Waals surface area contributed by atoms with Crippen molar-refractivity contribution in [2.45, 2.75) is 51.4 Å². The molecule has 2 aromatic carbocycles. The fourth-order valence-electron chi connectivity index (χ4n) is 3.67. The number of nitrogens with one attached hydrogen (secondary N) is 1. The first-order valence-corrected chi connectivity index (χ1v) is 9.94. The van der Waals surface area contributed by atoms with Gasteiger partial charge in [-0.2, -0.15) is 0 Å². The fraction of sp³-hybridized carbons (Fsp3) is 0.478. The van der Waals surface area contributed by atoms with Crippen molar-refractivity contribution in [1.29, 1.82) is 0 Å². The van der Waals surface area contributed by atoms with Crippen molar-refractivity contribution in [1.82, 2.24) is 5.32 Å². The Bertz CT molecular complexity index is 646. The van der Waals surface area contributed by atoms with Crippen molar-refractivity contribution in [2.24, 2.45) is 5.73 Å². The Balaban J connectivity index is 1.59. The lowest BCUT2D eigenvalue weighted by Gasteiger charge is -2.15. The molecular weight excluding hydrogens is 304 g/mol. The van der Waals surface area contributed by atoms with Crippen LogP contribution < -0.4 is 11.1 Å². The molecule has 0 atom stereocenters. The molecule has 2 heteroatoms. The van der Waals surface area contributed by atoms with Gasteiger partial charge < -0.3 is 11.1 Å². The number of rotatable bonds is 8. The largest absolute Gasteiger partial charge is 0.330 e. The summed E-state index contributed by atoms with van der Waals surface area (Å²) >= 11 is 0. The van der Waals surface area contributed by atoms with Gasteiger partial charge in [0, 0.05) is 0 Å². The van der Waals surface area contributed by atoms with Gasteiger partial charge >= 0.3 is 0 Å². The van der Waals surface area contributed by atoms with Crippen LogP contribution >= 0.6 is 0 Å². The van der Waals surface area contributed by atoms with E-state index < -0.39 is 0 Å². The smallest absolute Gasteiger partial charge is 0.00457 e. The number of nitrogens with two attached hydrogens (primary N) is 1. The number of benzene rings is 2. The molecule has 3 N–H and O–H groups in total. The molecule has 2 nitrogen and oxygen atoms in total. The van der Waals surface area contributed by atoms with Crippen molar-refractivity contribution < 1.29 is 0 Å². The maximum Gasteiger partial charge on any atom is -0.00457 e. The minimum Gasteiger partial charge on any atom is -0.330 e. The van der Waals surface area contributed by atoms with Crippen molar-refractivity contribution in [3.63, 3.8) is 0 Å². The lowest BCUT2D eigenvalue weighted by molar-refractivity contribution is 0.606. The molecule has 0 radical (unpaired) electrons. The number of unbranched alkanes of at least 4 members (excludes halogenated alkanes) is 1. The lowest BCUT2D eigenvalue weighted by atomic mass is 9.92. The first kappa shape index (κ1) is 18.2. The molecule has 0 saturated heterocycles. The van der Waals surface area contributed by atoms with E-state index in [1.54, 1.807) is 5.56 Å². The summed E-state index contributed by atoms with van der Waals surface area (Å²) in [7, 11) is 0. The zero-order valence-electron chi connectivity index (χ0n) is 15.4. The van der Waals surface area contributed by atoms with Gasteiger partial charge in [0.2, 0.25) is 0 Å². The Morgan fingerprint density at radius 3 is 2.12 bits per heavy atom. The predicted octanol–water partition coefficient (Wildman–Crippen LogP) is 3.83. The molecule has 0 heterocycles. The Morgan fingerprint density at radius 2 is 1.36 bits per heavy atom. The Hall–Kier alpha value is -1.64. The highest BCUT2D eigenvalue weighted by Crippen LogP contribution is 2.20. The van der Waals surface area contributed by atoms with E-state index in [4.69, 9.17) is 5.73 Å². The van der Waals surface area contributed by atoms with E-state index in [2.05, 4.69) is 47.8 Å². The number of aryl methyl sites for hydroxylation is 5. The molecule has 25 heavy (non-hydrogen) atoms. The molecule has 0 aromatic heterocycles. The summed E-state index contributed by atoms with van der Waals surface area (Å²) in [6.45, 7) is 3.01. The highest BCUT2D eigenvalue weighted by Gasteiger charge is 2.08. The van der Waals surface area contributed by atoms with Crippen molar-refractivity contribution in [3.05, 3.63) is 70.3 Å². The van der Waals surface area contributed by atoms with Crippen LogP contribution in [0.3, 0.4) is 0 Å². The van der Waals surface area contributed by atoms with Crippen LogP contribution in [0.2, 0.25) is 0 Å². The summed E-state index contributed by atoms with van der Waals surface area (Å²) in [4.78, 5) is 0. The van der Waals surface area contributed by atoms with Crippen LogP contribution in [0.1, 0.15) is 47.1 Å². The monoisotopic (exact) mass is 336 g/mol. The second-order valence-electron chi connectivity index (χ2n) is 7.27. The number of hydrogen-bond acceptors (Lipinski definition) is 2. The van der Waals surface area contributed by atoms with Crippen molar-refractivity contribution >= 4 is 0 Å². The van der Waals surface area contributed by atoms with Crippen LogP contribution in [0, 0.1) is 0 Å². The molecule has 0 spiro atoms. The Labute approximate surface area is 152 Å². The fourth-order valence-corrected chi connectivity index (χ4v) is 3.67. The van der Waals surface area contributed by atoms with Gasteiger partial charge in [-0.3, -0.25) is 0 Å². The summed E-state index contributed by atoms with van der Waals surface area (Å²) in [6.07, 6.45) is 9.29. The van der Waals surface area contributed by atoms with E-state index in [0.29, 0.717) is 0 Å². The van der Waals surface area contributed by atoms with Gasteiger partial charge in [-0.05, 0) is 98.8 Å². The van der Waals surface area contributed by atoms with E-state index >= 15 is 0 Å². The first-order chi connectivity index (χ1) is 12.3. The van der Waals surface area contributed by atoms with Crippen LogP contribution in [0.15, 0.2) is 42.5 Å². The van der Waals surface area contributed by atoms with Crippen LogP contribution in [-0.4, -0.2) is 19.6 Å². The van der Waals surface area contributed by atoms with Crippen molar-refractivity contribution in [3.8, 4) is 0 Å². The molecule has 2 aromatic rings. The quantitative estimate of drug-likeness (QED) is 0.719. The minimum absolute atomic E-state index is 0.806. The third-order valence-corrected chi connectivity index (χ3v) is 5.29. The molecule has 4 aliphatic rings. The summed E-state index contributed by atoms with van der Waals surface area (Å²) in [5.41, 5.74) is 13.0. The molecule has 0 saturated carbocycles.